The second-order valence-electron chi connectivity index (χ2n) is 5.97. The molecule has 6 heteroatoms. The summed E-state index contributed by atoms with van der Waals surface area (Å²) < 4.78 is 0. The van der Waals surface area contributed by atoms with Gasteiger partial charge >= 0.3 is 6.03 Å². The van der Waals surface area contributed by atoms with Gasteiger partial charge in [-0.15, -0.1) is 0 Å². The molecule has 2 atom stereocenters. The van der Waals surface area contributed by atoms with Gasteiger partial charge in [0.1, 0.15) is 0 Å². The van der Waals surface area contributed by atoms with E-state index in [2.05, 4.69) is 34.7 Å². The van der Waals surface area contributed by atoms with Crippen molar-refractivity contribution in [3.63, 3.8) is 0 Å². The summed E-state index contributed by atoms with van der Waals surface area (Å²) >= 11 is 0. The first-order valence-corrected chi connectivity index (χ1v) is 6.98. The fourth-order valence-electron chi connectivity index (χ4n) is 3.32. The summed E-state index contributed by atoms with van der Waals surface area (Å²) in [7, 11) is 0. The van der Waals surface area contributed by atoms with E-state index < -0.39 is 6.03 Å². The molecule has 2 saturated heterocycles. The van der Waals surface area contributed by atoms with E-state index in [-0.39, 0.29) is 18.0 Å². The summed E-state index contributed by atoms with van der Waals surface area (Å²) in [5.74, 6) is 0.976. The monoisotopic (exact) mass is 268 g/mol. The minimum absolute atomic E-state index is 0.00669. The lowest BCUT2D eigenvalue weighted by molar-refractivity contribution is -0.122. The quantitative estimate of drug-likeness (QED) is 0.660. The van der Waals surface area contributed by atoms with Crippen molar-refractivity contribution in [1.29, 1.82) is 0 Å². The number of nitrogens with one attached hydrogen (secondary N) is 3. The number of amides is 3. The maximum Gasteiger partial charge on any atom is 0.321 e. The Bertz CT molecular complexity index is 370. The van der Waals surface area contributed by atoms with Crippen LogP contribution in [0, 0.1) is 11.8 Å². The topological polar surface area (TPSA) is 73.5 Å². The summed E-state index contributed by atoms with van der Waals surface area (Å²) in [4.78, 5) is 25.4. The zero-order valence-corrected chi connectivity index (χ0v) is 12.0. The van der Waals surface area contributed by atoms with Crippen molar-refractivity contribution in [3.05, 3.63) is 0 Å². The number of rotatable bonds is 3. The molecule has 0 bridgehead atoms. The van der Waals surface area contributed by atoms with Crippen molar-refractivity contribution in [2.24, 2.45) is 11.8 Å². The van der Waals surface area contributed by atoms with Gasteiger partial charge in [-0.2, -0.15) is 0 Å². The van der Waals surface area contributed by atoms with E-state index in [0.717, 1.165) is 19.6 Å². The summed E-state index contributed by atoms with van der Waals surface area (Å²) in [6.07, 6.45) is 0. The molecule has 3 N–H and O–H groups in total. The van der Waals surface area contributed by atoms with Crippen molar-refractivity contribution in [1.82, 2.24) is 20.9 Å². The zero-order chi connectivity index (χ0) is 14.0. The van der Waals surface area contributed by atoms with Crippen LogP contribution in [0.4, 0.5) is 4.79 Å². The number of urea groups is 1. The zero-order valence-electron chi connectivity index (χ0n) is 12.0. The maximum atomic E-state index is 11.9. The summed E-state index contributed by atoms with van der Waals surface area (Å²) in [6.45, 7) is 9.97. The molecule has 2 aliphatic heterocycles. The van der Waals surface area contributed by atoms with E-state index in [1.165, 1.54) is 0 Å². The number of hydrogen-bond donors (Lipinski definition) is 3. The molecule has 0 aromatic heterocycles. The second kappa shape index (κ2) is 5.46. The molecule has 2 unspecified atom stereocenters. The van der Waals surface area contributed by atoms with E-state index in [1.807, 2.05) is 6.92 Å². The van der Waals surface area contributed by atoms with Crippen molar-refractivity contribution in [2.45, 2.75) is 26.3 Å². The SMILES string of the molecule is CCNC(=O)NC(=O)CN1CC2CNCC2C1(C)C. The van der Waals surface area contributed by atoms with Gasteiger partial charge in [-0.3, -0.25) is 15.0 Å². The highest BCUT2D eigenvalue weighted by molar-refractivity contribution is 5.95. The molecule has 2 fully saturated rings. The first-order chi connectivity index (χ1) is 8.95. The molecule has 2 heterocycles. The Hall–Kier alpha value is -1.14. The van der Waals surface area contributed by atoms with Crippen molar-refractivity contribution in [2.75, 3.05) is 32.7 Å². The fraction of sp³-hybridized carbons (Fsp3) is 0.846. The molecular weight excluding hydrogens is 244 g/mol. The molecule has 0 spiro atoms. The van der Waals surface area contributed by atoms with E-state index in [1.54, 1.807) is 0 Å². The Morgan fingerprint density at radius 1 is 1.37 bits per heavy atom. The fourth-order valence-corrected chi connectivity index (χ4v) is 3.32. The highest BCUT2D eigenvalue weighted by Crippen LogP contribution is 2.40. The molecule has 0 radical (unpaired) electrons. The summed E-state index contributed by atoms with van der Waals surface area (Å²) in [5.41, 5.74) is 0.00669. The molecule has 0 aromatic carbocycles. The van der Waals surface area contributed by atoms with Crippen LogP contribution in [-0.2, 0) is 4.79 Å². The Morgan fingerprint density at radius 3 is 2.74 bits per heavy atom. The second-order valence-corrected chi connectivity index (χ2v) is 5.97. The van der Waals surface area contributed by atoms with Crippen LogP contribution >= 0.6 is 0 Å². The Labute approximate surface area is 114 Å². The van der Waals surface area contributed by atoms with Crippen LogP contribution in [0.1, 0.15) is 20.8 Å². The number of fused-ring (bicyclic) bond motifs is 1. The largest absolute Gasteiger partial charge is 0.338 e. The third-order valence-electron chi connectivity index (χ3n) is 4.44. The number of likely N-dealkylation sites (tertiary alicyclic amines) is 1. The van der Waals surface area contributed by atoms with Crippen molar-refractivity contribution < 1.29 is 9.59 Å². The summed E-state index contributed by atoms with van der Waals surface area (Å²) in [6, 6.07) is -0.411. The van der Waals surface area contributed by atoms with Crippen LogP contribution in [0.3, 0.4) is 0 Å². The predicted octanol–water partition coefficient (Wildman–Crippen LogP) is -0.238. The van der Waals surface area contributed by atoms with Crippen molar-refractivity contribution in [3.8, 4) is 0 Å². The van der Waals surface area contributed by atoms with Crippen LogP contribution in [0.15, 0.2) is 0 Å². The van der Waals surface area contributed by atoms with Gasteiger partial charge in [0.05, 0.1) is 6.54 Å². The van der Waals surface area contributed by atoms with Gasteiger partial charge in [-0.1, -0.05) is 0 Å². The van der Waals surface area contributed by atoms with E-state index in [4.69, 9.17) is 0 Å². The highest BCUT2D eigenvalue weighted by Gasteiger charge is 2.49. The van der Waals surface area contributed by atoms with Gasteiger partial charge in [-0.05, 0) is 39.2 Å². The van der Waals surface area contributed by atoms with Gasteiger partial charge in [0.2, 0.25) is 5.91 Å². The summed E-state index contributed by atoms with van der Waals surface area (Å²) in [5, 5.41) is 8.34. The molecule has 2 aliphatic rings. The average Bonchev–Trinajstić information content (AvgIpc) is 2.84. The van der Waals surface area contributed by atoms with Crippen molar-refractivity contribution >= 4 is 11.9 Å². The minimum atomic E-state index is -0.411. The number of carbonyl (C=O) groups is 2. The van der Waals surface area contributed by atoms with Crippen LogP contribution in [0.25, 0.3) is 0 Å². The first-order valence-electron chi connectivity index (χ1n) is 6.98. The third-order valence-corrected chi connectivity index (χ3v) is 4.44. The van der Waals surface area contributed by atoms with Gasteiger partial charge in [0.15, 0.2) is 0 Å². The maximum absolute atomic E-state index is 11.9. The number of carbonyl (C=O) groups excluding carboxylic acids is 2. The van der Waals surface area contributed by atoms with E-state index >= 15 is 0 Å². The number of imide groups is 1. The first kappa shape index (κ1) is 14.3. The Kier molecular flexibility index (Phi) is 4.10. The Morgan fingerprint density at radius 2 is 2.11 bits per heavy atom. The van der Waals surface area contributed by atoms with Gasteiger partial charge < -0.3 is 10.6 Å². The van der Waals surface area contributed by atoms with Crippen LogP contribution in [0.2, 0.25) is 0 Å². The van der Waals surface area contributed by atoms with Gasteiger partial charge in [0, 0.05) is 25.2 Å². The highest BCUT2D eigenvalue weighted by atomic mass is 16.2. The van der Waals surface area contributed by atoms with Gasteiger partial charge in [0.25, 0.3) is 0 Å². The van der Waals surface area contributed by atoms with E-state index in [0.29, 0.717) is 18.4 Å². The standard InChI is InChI=1S/C13H24N4O2/c1-4-15-12(19)16-11(18)8-17-7-9-5-14-6-10(9)13(17,2)3/h9-10,14H,4-8H2,1-3H3,(H2,15,16,18,19). The average molecular weight is 268 g/mol. The third kappa shape index (κ3) is 2.90. The minimum Gasteiger partial charge on any atom is -0.338 e. The lowest BCUT2D eigenvalue weighted by atomic mass is 9.85. The smallest absolute Gasteiger partial charge is 0.321 e. The molecular formula is C13H24N4O2. The lowest BCUT2D eigenvalue weighted by Crippen LogP contribution is -2.50. The van der Waals surface area contributed by atoms with E-state index in [9.17, 15) is 9.59 Å². The lowest BCUT2D eigenvalue weighted by Gasteiger charge is -2.35. The molecule has 19 heavy (non-hydrogen) atoms. The molecule has 6 nitrogen and oxygen atoms in total. The molecule has 0 aliphatic carbocycles. The molecule has 3 amide bonds. The van der Waals surface area contributed by atoms with Crippen LogP contribution in [0.5, 0.6) is 0 Å². The predicted molar refractivity (Wildman–Crippen MR) is 72.7 cm³/mol. The van der Waals surface area contributed by atoms with Crippen LogP contribution in [-0.4, -0.2) is 55.1 Å². The Balaban J connectivity index is 1.89. The molecule has 0 aromatic rings. The molecule has 0 saturated carbocycles. The van der Waals surface area contributed by atoms with Crippen LogP contribution < -0.4 is 16.0 Å². The molecule has 108 valence electrons. The number of nitrogens with zero attached hydrogens (tertiary/aromatic N) is 1. The normalized spacial score (nSPS) is 29.0. The number of hydrogen-bond acceptors (Lipinski definition) is 4. The van der Waals surface area contributed by atoms with Gasteiger partial charge in [-0.25, -0.2) is 4.79 Å². The molecule has 2 rings (SSSR count).